The highest BCUT2D eigenvalue weighted by atomic mass is 35.5. The fourth-order valence-electron chi connectivity index (χ4n) is 2.05. The maximum Gasteiger partial charge on any atom is 0.225 e. The predicted octanol–water partition coefficient (Wildman–Crippen LogP) is 3.76. The number of carbonyl (C=O) groups is 1. The summed E-state index contributed by atoms with van der Waals surface area (Å²) in [6.45, 7) is 3.94. The van der Waals surface area contributed by atoms with Gasteiger partial charge in [-0.3, -0.25) is 4.79 Å². The van der Waals surface area contributed by atoms with Gasteiger partial charge >= 0.3 is 0 Å². The molecular weight excluding hydrogens is 334 g/mol. The van der Waals surface area contributed by atoms with Crippen LogP contribution in [0.4, 0.5) is 5.69 Å². The topological polar surface area (TPSA) is 63.2 Å². The molecule has 0 atom stereocenters. The van der Waals surface area contributed by atoms with Crippen LogP contribution in [0.5, 0.6) is 0 Å². The van der Waals surface area contributed by atoms with Crippen LogP contribution in [-0.4, -0.2) is 20.1 Å². The first-order valence-corrected chi connectivity index (χ1v) is 9.16. The van der Waals surface area contributed by atoms with Gasteiger partial charge in [-0.15, -0.1) is 0 Å². The highest BCUT2D eigenvalue weighted by Crippen LogP contribution is 2.18. The lowest BCUT2D eigenvalue weighted by Crippen LogP contribution is -2.17. The van der Waals surface area contributed by atoms with Crippen LogP contribution in [0.2, 0.25) is 5.02 Å². The van der Waals surface area contributed by atoms with Gasteiger partial charge in [0, 0.05) is 17.1 Å². The number of benzene rings is 2. The quantitative estimate of drug-likeness (QED) is 0.892. The van der Waals surface area contributed by atoms with E-state index in [9.17, 15) is 13.2 Å². The van der Waals surface area contributed by atoms with Crippen LogP contribution in [0.15, 0.2) is 47.4 Å². The molecule has 2 rings (SSSR count). The van der Waals surface area contributed by atoms with E-state index in [0.29, 0.717) is 10.7 Å². The third-order valence-corrected chi connectivity index (χ3v) is 5.49. The first kappa shape index (κ1) is 17.5. The fraction of sp³-hybridized carbons (Fsp3) is 0.235. The molecule has 4 nitrogen and oxygen atoms in total. The molecule has 0 aliphatic carbocycles. The maximum atomic E-state index is 12.2. The van der Waals surface area contributed by atoms with Crippen LogP contribution in [-0.2, 0) is 14.6 Å². The van der Waals surface area contributed by atoms with Crippen LogP contribution < -0.4 is 5.32 Å². The van der Waals surface area contributed by atoms with E-state index in [2.05, 4.69) is 5.32 Å². The normalized spacial score (nSPS) is 11.3. The van der Waals surface area contributed by atoms with Gasteiger partial charge in [-0.05, 0) is 55.3 Å². The van der Waals surface area contributed by atoms with Crippen molar-refractivity contribution in [3.63, 3.8) is 0 Å². The molecule has 0 fully saturated rings. The van der Waals surface area contributed by atoms with E-state index in [4.69, 9.17) is 11.6 Å². The molecule has 2 aromatic carbocycles. The molecular formula is C17H18ClNO3S. The Morgan fingerprint density at radius 3 is 2.48 bits per heavy atom. The average molecular weight is 352 g/mol. The Bertz CT molecular complexity index is 831. The van der Waals surface area contributed by atoms with E-state index < -0.39 is 9.84 Å². The van der Waals surface area contributed by atoms with Gasteiger partial charge < -0.3 is 5.32 Å². The molecule has 0 radical (unpaired) electrons. The van der Waals surface area contributed by atoms with Crippen molar-refractivity contribution >= 4 is 33.0 Å². The first-order valence-electron chi connectivity index (χ1n) is 7.13. The highest BCUT2D eigenvalue weighted by Gasteiger charge is 2.17. The van der Waals surface area contributed by atoms with Gasteiger partial charge in [-0.2, -0.15) is 0 Å². The lowest BCUT2D eigenvalue weighted by Gasteiger charge is -2.08. The third kappa shape index (κ3) is 4.81. The largest absolute Gasteiger partial charge is 0.326 e. The SMILES string of the molecule is Cc1ccc(NC(=O)CCS(=O)(=O)c2cccc(Cl)c2)cc1C. The molecule has 0 aromatic heterocycles. The molecule has 0 heterocycles. The Morgan fingerprint density at radius 1 is 1.09 bits per heavy atom. The van der Waals surface area contributed by atoms with Gasteiger partial charge in [-0.1, -0.05) is 23.7 Å². The summed E-state index contributed by atoms with van der Waals surface area (Å²) in [5, 5.41) is 3.07. The van der Waals surface area contributed by atoms with E-state index in [0.717, 1.165) is 11.1 Å². The summed E-state index contributed by atoms with van der Waals surface area (Å²) in [6, 6.07) is 11.6. The Balaban J connectivity index is 1.99. The van der Waals surface area contributed by atoms with E-state index in [1.807, 2.05) is 26.0 Å². The minimum Gasteiger partial charge on any atom is -0.326 e. The molecule has 0 saturated carbocycles. The molecule has 0 aliphatic rings. The monoisotopic (exact) mass is 351 g/mol. The summed E-state index contributed by atoms with van der Waals surface area (Å²) >= 11 is 5.80. The second kappa shape index (κ2) is 7.15. The molecule has 0 aliphatic heterocycles. The van der Waals surface area contributed by atoms with Gasteiger partial charge in [0.2, 0.25) is 5.91 Å². The van der Waals surface area contributed by atoms with Crippen molar-refractivity contribution in [1.82, 2.24) is 0 Å². The zero-order valence-corrected chi connectivity index (χ0v) is 14.5. The number of carbonyl (C=O) groups excluding carboxylic acids is 1. The van der Waals surface area contributed by atoms with E-state index >= 15 is 0 Å². The summed E-state index contributed by atoms with van der Waals surface area (Å²) in [4.78, 5) is 12.1. The number of nitrogens with one attached hydrogen (secondary N) is 1. The van der Waals surface area contributed by atoms with E-state index in [-0.39, 0.29) is 23.0 Å². The summed E-state index contributed by atoms with van der Waals surface area (Å²) in [7, 11) is -3.53. The predicted molar refractivity (Wildman–Crippen MR) is 92.7 cm³/mol. The summed E-state index contributed by atoms with van der Waals surface area (Å²) in [5.41, 5.74) is 2.86. The molecule has 0 saturated heterocycles. The van der Waals surface area contributed by atoms with Crippen LogP contribution >= 0.6 is 11.6 Å². The lowest BCUT2D eigenvalue weighted by molar-refractivity contribution is -0.115. The Labute approximate surface area is 141 Å². The molecule has 0 bridgehead atoms. The summed E-state index contributed by atoms with van der Waals surface area (Å²) in [5.74, 6) is -0.594. The van der Waals surface area contributed by atoms with Crippen LogP contribution in [0.1, 0.15) is 17.5 Å². The van der Waals surface area contributed by atoms with E-state index in [1.165, 1.54) is 12.1 Å². The Kier molecular flexibility index (Phi) is 5.44. The van der Waals surface area contributed by atoms with Crippen molar-refractivity contribution in [2.75, 3.05) is 11.1 Å². The van der Waals surface area contributed by atoms with Crippen molar-refractivity contribution in [1.29, 1.82) is 0 Å². The average Bonchev–Trinajstić information content (AvgIpc) is 2.49. The van der Waals surface area contributed by atoms with Crippen molar-refractivity contribution in [2.45, 2.75) is 25.2 Å². The van der Waals surface area contributed by atoms with Crippen LogP contribution in [0.3, 0.4) is 0 Å². The fourth-order valence-corrected chi connectivity index (χ4v) is 3.59. The zero-order valence-electron chi connectivity index (χ0n) is 13.0. The molecule has 23 heavy (non-hydrogen) atoms. The number of rotatable bonds is 5. The van der Waals surface area contributed by atoms with Crippen molar-refractivity contribution in [3.8, 4) is 0 Å². The van der Waals surface area contributed by atoms with Crippen molar-refractivity contribution in [3.05, 3.63) is 58.6 Å². The van der Waals surface area contributed by atoms with Crippen molar-refractivity contribution < 1.29 is 13.2 Å². The second-order valence-corrected chi connectivity index (χ2v) is 7.92. The summed E-state index contributed by atoms with van der Waals surface area (Å²) in [6.07, 6.45) is -0.109. The van der Waals surface area contributed by atoms with Crippen molar-refractivity contribution in [2.24, 2.45) is 0 Å². The number of sulfone groups is 1. The molecule has 2 aromatic rings. The lowest BCUT2D eigenvalue weighted by atomic mass is 10.1. The number of hydrogen-bond donors (Lipinski definition) is 1. The molecule has 1 N–H and O–H groups in total. The summed E-state index contributed by atoms with van der Waals surface area (Å²) < 4.78 is 24.4. The van der Waals surface area contributed by atoms with E-state index in [1.54, 1.807) is 18.2 Å². The van der Waals surface area contributed by atoms with Gasteiger partial charge in [0.05, 0.1) is 10.6 Å². The molecule has 0 unspecified atom stereocenters. The van der Waals surface area contributed by atoms with Crippen LogP contribution in [0.25, 0.3) is 0 Å². The van der Waals surface area contributed by atoms with Gasteiger partial charge in [0.25, 0.3) is 0 Å². The van der Waals surface area contributed by atoms with Gasteiger partial charge in [-0.25, -0.2) is 8.42 Å². The maximum absolute atomic E-state index is 12.2. The molecule has 1 amide bonds. The standard InChI is InChI=1S/C17H18ClNO3S/c1-12-6-7-15(10-13(12)2)19-17(20)8-9-23(21,22)16-5-3-4-14(18)11-16/h3-7,10-11H,8-9H2,1-2H3,(H,19,20). The second-order valence-electron chi connectivity index (χ2n) is 5.37. The number of halogens is 1. The molecule has 0 spiro atoms. The number of hydrogen-bond acceptors (Lipinski definition) is 3. The zero-order chi connectivity index (χ0) is 17.0. The third-order valence-electron chi connectivity index (χ3n) is 3.54. The molecule has 122 valence electrons. The van der Waals surface area contributed by atoms with Gasteiger partial charge in [0.15, 0.2) is 9.84 Å². The molecule has 6 heteroatoms. The number of aryl methyl sites for hydroxylation is 2. The van der Waals surface area contributed by atoms with Gasteiger partial charge in [0.1, 0.15) is 0 Å². The minimum atomic E-state index is -3.53. The highest BCUT2D eigenvalue weighted by molar-refractivity contribution is 7.91. The smallest absolute Gasteiger partial charge is 0.225 e. The first-order chi connectivity index (χ1) is 10.8. The Morgan fingerprint density at radius 2 is 1.83 bits per heavy atom. The Hall–Kier alpha value is -1.85. The van der Waals surface area contributed by atoms with Crippen LogP contribution in [0, 0.1) is 13.8 Å². The number of amides is 1. The minimum absolute atomic E-state index is 0.109. The number of anilines is 1.